The van der Waals surface area contributed by atoms with E-state index in [9.17, 15) is 8.78 Å². The van der Waals surface area contributed by atoms with Gasteiger partial charge in [-0.3, -0.25) is 0 Å². The Morgan fingerprint density at radius 1 is 1.03 bits per heavy atom. The lowest BCUT2D eigenvalue weighted by Gasteiger charge is -2.16. The maximum Gasteiger partial charge on any atom is 0.387 e. The fourth-order valence-corrected chi connectivity index (χ4v) is 3.91. The maximum atomic E-state index is 12.5. The second kappa shape index (κ2) is 8.75. The summed E-state index contributed by atoms with van der Waals surface area (Å²) < 4.78 is 43.2. The maximum absolute atomic E-state index is 12.5. The first-order valence-corrected chi connectivity index (χ1v) is 10.1. The average Bonchev–Trinajstić information content (AvgIpc) is 3.15. The standard InChI is InChI=1S/C23H24F2N2O3/c1-3-28-20-12-16-14-26-22(15-7-9-17(10-8-15)30-23(24)25)18-6-5-11-27(18)19(16)13-21(20)29-4-2/h5-13,22-23,26H,3-4,14H2,1-2H3/p+1/t22-/m0/s1. The molecule has 2 N–H and O–H groups in total. The summed E-state index contributed by atoms with van der Waals surface area (Å²) in [5, 5.41) is 2.23. The van der Waals surface area contributed by atoms with Crippen LogP contribution in [0.25, 0.3) is 5.69 Å². The molecule has 1 aliphatic rings. The van der Waals surface area contributed by atoms with Crippen LogP contribution in [0.15, 0.2) is 54.7 Å². The van der Waals surface area contributed by atoms with Gasteiger partial charge in [-0.25, -0.2) is 0 Å². The van der Waals surface area contributed by atoms with Crippen LogP contribution in [0.1, 0.15) is 36.7 Å². The molecule has 0 bridgehead atoms. The smallest absolute Gasteiger partial charge is 0.387 e. The van der Waals surface area contributed by atoms with Crippen LogP contribution in [0.3, 0.4) is 0 Å². The third kappa shape index (κ3) is 3.98. The summed E-state index contributed by atoms with van der Waals surface area (Å²) in [5.41, 5.74) is 4.31. The van der Waals surface area contributed by atoms with E-state index in [-0.39, 0.29) is 11.8 Å². The van der Waals surface area contributed by atoms with Crippen molar-refractivity contribution in [2.24, 2.45) is 0 Å². The van der Waals surface area contributed by atoms with Crippen molar-refractivity contribution in [1.29, 1.82) is 0 Å². The molecule has 0 spiro atoms. The molecule has 1 aromatic heterocycles. The Kier molecular flexibility index (Phi) is 5.90. The quantitative estimate of drug-likeness (QED) is 0.634. The summed E-state index contributed by atoms with van der Waals surface area (Å²) in [7, 11) is 0. The molecule has 0 radical (unpaired) electrons. The van der Waals surface area contributed by atoms with E-state index in [0.29, 0.717) is 13.2 Å². The van der Waals surface area contributed by atoms with Gasteiger partial charge in [-0.1, -0.05) is 0 Å². The zero-order valence-electron chi connectivity index (χ0n) is 17.0. The van der Waals surface area contributed by atoms with Gasteiger partial charge in [0.1, 0.15) is 12.3 Å². The lowest BCUT2D eigenvalue weighted by Crippen LogP contribution is -2.83. The summed E-state index contributed by atoms with van der Waals surface area (Å²) >= 11 is 0. The molecule has 2 aromatic carbocycles. The Hall–Kier alpha value is -3.06. The third-order valence-electron chi connectivity index (χ3n) is 5.14. The molecule has 158 valence electrons. The summed E-state index contributed by atoms with van der Waals surface area (Å²) in [6.45, 7) is 2.93. The first kappa shape index (κ1) is 20.2. The predicted octanol–water partition coefficient (Wildman–Crippen LogP) is 4.04. The topological polar surface area (TPSA) is 49.2 Å². The molecule has 1 aliphatic heterocycles. The van der Waals surface area contributed by atoms with Gasteiger partial charge in [-0.15, -0.1) is 0 Å². The number of fused-ring (bicyclic) bond motifs is 3. The lowest BCUT2D eigenvalue weighted by atomic mass is 10.0. The molecule has 3 aromatic rings. The van der Waals surface area contributed by atoms with Crippen LogP contribution in [-0.2, 0) is 6.54 Å². The van der Waals surface area contributed by atoms with E-state index in [4.69, 9.17) is 9.47 Å². The zero-order chi connectivity index (χ0) is 21.1. The van der Waals surface area contributed by atoms with Gasteiger partial charge < -0.3 is 24.1 Å². The fraction of sp³-hybridized carbons (Fsp3) is 0.304. The first-order valence-electron chi connectivity index (χ1n) is 10.1. The molecule has 30 heavy (non-hydrogen) atoms. The van der Waals surface area contributed by atoms with Gasteiger partial charge in [0.2, 0.25) is 0 Å². The van der Waals surface area contributed by atoms with Crippen LogP contribution in [0, 0.1) is 0 Å². The number of alkyl halides is 2. The molecule has 0 unspecified atom stereocenters. The Morgan fingerprint density at radius 2 is 1.73 bits per heavy atom. The molecule has 4 rings (SSSR count). The van der Waals surface area contributed by atoms with Gasteiger partial charge in [0.15, 0.2) is 17.5 Å². The minimum absolute atomic E-state index is 0.0130. The summed E-state index contributed by atoms with van der Waals surface area (Å²) in [5.74, 6) is 1.63. The highest BCUT2D eigenvalue weighted by molar-refractivity contribution is 5.56. The van der Waals surface area contributed by atoms with E-state index in [1.165, 1.54) is 0 Å². The summed E-state index contributed by atoms with van der Waals surface area (Å²) in [6, 6.07) is 15.0. The van der Waals surface area contributed by atoms with Crippen LogP contribution >= 0.6 is 0 Å². The van der Waals surface area contributed by atoms with Gasteiger partial charge in [-0.2, -0.15) is 8.78 Å². The fourth-order valence-electron chi connectivity index (χ4n) is 3.91. The van der Waals surface area contributed by atoms with Crippen LogP contribution in [0.2, 0.25) is 0 Å². The van der Waals surface area contributed by atoms with Crippen molar-refractivity contribution in [3.63, 3.8) is 0 Å². The van der Waals surface area contributed by atoms with E-state index in [2.05, 4.69) is 20.7 Å². The Bertz CT molecular complexity index is 1000. The number of quaternary nitrogens is 1. The van der Waals surface area contributed by atoms with Gasteiger partial charge in [-0.05, 0) is 56.3 Å². The molecule has 0 saturated heterocycles. The van der Waals surface area contributed by atoms with Crippen molar-refractivity contribution < 1.29 is 28.3 Å². The predicted molar refractivity (Wildman–Crippen MR) is 109 cm³/mol. The average molecular weight is 415 g/mol. The zero-order valence-corrected chi connectivity index (χ0v) is 17.0. The van der Waals surface area contributed by atoms with E-state index in [1.807, 2.05) is 50.4 Å². The molecule has 0 fully saturated rings. The second-order valence-electron chi connectivity index (χ2n) is 6.96. The molecule has 2 heterocycles. The van der Waals surface area contributed by atoms with Crippen molar-refractivity contribution in [3.05, 3.63) is 71.5 Å². The number of hydrogen-bond acceptors (Lipinski definition) is 3. The van der Waals surface area contributed by atoms with Crippen molar-refractivity contribution >= 4 is 0 Å². The third-order valence-corrected chi connectivity index (χ3v) is 5.14. The van der Waals surface area contributed by atoms with E-state index < -0.39 is 6.61 Å². The van der Waals surface area contributed by atoms with Gasteiger partial charge in [0.25, 0.3) is 0 Å². The van der Waals surface area contributed by atoms with Crippen molar-refractivity contribution in [2.75, 3.05) is 13.2 Å². The molecule has 1 atom stereocenters. The highest BCUT2D eigenvalue weighted by Gasteiger charge is 2.27. The normalized spacial score (nSPS) is 15.3. The molecular weight excluding hydrogens is 390 g/mol. The molecule has 0 saturated carbocycles. The molecule has 0 amide bonds. The minimum atomic E-state index is -2.83. The van der Waals surface area contributed by atoms with Crippen molar-refractivity contribution in [2.45, 2.75) is 33.0 Å². The molecule has 5 nitrogen and oxygen atoms in total. The van der Waals surface area contributed by atoms with Crippen LogP contribution < -0.4 is 19.5 Å². The lowest BCUT2D eigenvalue weighted by molar-refractivity contribution is -0.702. The summed E-state index contributed by atoms with van der Waals surface area (Å²) in [6.07, 6.45) is 2.03. The van der Waals surface area contributed by atoms with E-state index >= 15 is 0 Å². The Balaban J connectivity index is 1.72. The summed E-state index contributed by atoms with van der Waals surface area (Å²) in [4.78, 5) is 0. The highest BCUT2D eigenvalue weighted by Crippen LogP contribution is 2.36. The van der Waals surface area contributed by atoms with Crippen molar-refractivity contribution in [1.82, 2.24) is 4.57 Å². The number of halogens is 2. The van der Waals surface area contributed by atoms with Crippen molar-refractivity contribution in [3.8, 4) is 22.9 Å². The minimum Gasteiger partial charge on any atom is -0.490 e. The van der Waals surface area contributed by atoms with Crippen LogP contribution in [0.4, 0.5) is 8.78 Å². The number of hydrogen-bond donors (Lipinski definition) is 1. The van der Waals surface area contributed by atoms with Gasteiger partial charge in [0.05, 0.1) is 24.6 Å². The molecule has 7 heteroatoms. The van der Waals surface area contributed by atoms with E-state index in [1.54, 1.807) is 12.1 Å². The SMILES string of the molecule is CCOc1cc2c(cc1OCC)-n1cccc1[C@H](c1ccc(OC(F)F)cc1)[NH2+]C2. The largest absolute Gasteiger partial charge is 0.490 e. The van der Waals surface area contributed by atoms with Gasteiger partial charge in [0, 0.05) is 23.4 Å². The number of ether oxygens (including phenoxy) is 3. The number of nitrogens with two attached hydrogens (primary N) is 1. The number of nitrogens with zero attached hydrogens (tertiary/aromatic N) is 1. The number of aromatic nitrogens is 1. The van der Waals surface area contributed by atoms with E-state index in [0.717, 1.165) is 40.6 Å². The first-order chi connectivity index (χ1) is 14.6. The van der Waals surface area contributed by atoms with Crippen LogP contribution in [0.5, 0.6) is 17.2 Å². The Labute approximate surface area is 174 Å². The Morgan fingerprint density at radius 3 is 2.40 bits per heavy atom. The second-order valence-corrected chi connectivity index (χ2v) is 6.96. The highest BCUT2D eigenvalue weighted by atomic mass is 19.3. The molecule has 0 aliphatic carbocycles. The number of benzene rings is 2. The van der Waals surface area contributed by atoms with Crippen LogP contribution in [-0.4, -0.2) is 24.4 Å². The molecular formula is C23H25F2N2O3+. The number of rotatable bonds is 7. The van der Waals surface area contributed by atoms with Gasteiger partial charge >= 0.3 is 6.61 Å². The monoisotopic (exact) mass is 415 g/mol.